The number of carboxylic acid groups (broad SMARTS) is 1. The summed E-state index contributed by atoms with van der Waals surface area (Å²) in [6.07, 6.45) is 0.798. The number of halogens is 1. The van der Waals surface area contributed by atoms with Crippen molar-refractivity contribution < 1.29 is 14.7 Å². The summed E-state index contributed by atoms with van der Waals surface area (Å²) in [5, 5.41) is 11.8. The number of hydrogen-bond acceptors (Lipinski definition) is 2. The van der Waals surface area contributed by atoms with Crippen LogP contribution in [-0.2, 0) is 0 Å². The second-order valence-electron chi connectivity index (χ2n) is 3.68. The third-order valence-corrected chi connectivity index (χ3v) is 3.21. The molecule has 2 N–H and O–H groups in total. The Morgan fingerprint density at radius 1 is 1.47 bits per heavy atom. The van der Waals surface area contributed by atoms with Gasteiger partial charge in [-0.15, -0.1) is 0 Å². The molecule has 6 heteroatoms. The molecule has 2 rings (SSSR count). The fraction of sp³-hybridized carbons (Fsp3) is 0.273. The molecule has 0 aromatic heterocycles. The Balaban J connectivity index is 2.49. The van der Waals surface area contributed by atoms with E-state index in [0.29, 0.717) is 23.2 Å². The van der Waals surface area contributed by atoms with Crippen molar-refractivity contribution in [1.82, 2.24) is 5.32 Å². The van der Waals surface area contributed by atoms with Crippen LogP contribution in [0, 0.1) is 0 Å². The molecule has 2 amide bonds. The minimum atomic E-state index is -1.04. The van der Waals surface area contributed by atoms with Gasteiger partial charge in [0.2, 0.25) is 0 Å². The highest BCUT2D eigenvalue weighted by atomic mass is 79.9. The predicted molar refractivity (Wildman–Crippen MR) is 66.5 cm³/mol. The molecule has 1 fully saturated rings. The predicted octanol–water partition coefficient (Wildman–Crippen LogP) is 2.07. The first-order chi connectivity index (χ1) is 8.11. The van der Waals surface area contributed by atoms with Crippen LogP contribution in [0.2, 0.25) is 0 Å². The third kappa shape index (κ3) is 2.26. The van der Waals surface area contributed by atoms with E-state index < -0.39 is 5.97 Å². The van der Waals surface area contributed by atoms with Gasteiger partial charge in [-0.3, -0.25) is 4.90 Å². The van der Waals surface area contributed by atoms with Gasteiger partial charge in [-0.1, -0.05) is 6.07 Å². The van der Waals surface area contributed by atoms with Gasteiger partial charge in [0.25, 0.3) is 0 Å². The third-order valence-electron chi connectivity index (χ3n) is 2.57. The minimum Gasteiger partial charge on any atom is -0.478 e. The Hall–Kier alpha value is -1.56. The standard InChI is InChI=1S/C11H11BrN2O3/c12-8-4-1-3-7(10(15)16)9(8)14-6-2-5-13-11(14)17/h1,3-4H,2,5-6H2,(H,13,17)(H,15,16). The zero-order valence-corrected chi connectivity index (χ0v) is 10.5. The monoisotopic (exact) mass is 298 g/mol. The molecule has 0 spiro atoms. The Kier molecular flexibility index (Phi) is 3.33. The number of para-hydroxylation sites is 1. The van der Waals surface area contributed by atoms with Crippen molar-refractivity contribution in [2.24, 2.45) is 0 Å². The number of urea groups is 1. The average Bonchev–Trinajstić information content (AvgIpc) is 2.30. The maximum Gasteiger partial charge on any atom is 0.337 e. The van der Waals surface area contributed by atoms with Crippen molar-refractivity contribution in [3.8, 4) is 0 Å². The molecule has 1 aliphatic rings. The van der Waals surface area contributed by atoms with Crippen LogP contribution < -0.4 is 10.2 Å². The zero-order chi connectivity index (χ0) is 12.4. The molecule has 90 valence electrons. The molecule has 0 saturated carbocycles. The van der Waals surface area contributed by atoms with E-state index in [1.54, 1.807) is 12.1 Å². The Morgan fingerprint density at radius 2 is 2.24 bits per heavy atom. The van der Waals surface area contributed by atoms with Crippen molar-refractivity contribution >= 4 is 33.6 Å². The molecule has 0 radical (unpaired) electrons. The minimum absolute atomic E-state index is 0.122. The van der Waals surface area contributed by atoms with Gasteiger partial charge in [0.1, 0.15) is 0 Å². The van der Waals surface area contributed by atoms with Crippen molar-refractivity contribution in [2.45, 2.75) is 6.42 Å². The van der Waals surface area contributed by atoms with E-state index in [1.807, 2.05) is 0 Å². The van der Waals surface area contributed by atoms with Crippen LogP contribution in [-0.4, -0.2) is 30.2 Å². The van der Waals surface area contributed by atoms with Gasteiger partial charge in [0, 0.05) is 17.6 Å². The first-order valence-corrected chi connectivity index (χ1v) is 5.97. The normalized spacial score (nSPS) is 15.6. The number of rotatable bonds is 2. The van der Waals surface area contributed by atoms with E-state index in [9.17, 15) is 9.59 Å². The number of carbonyl (C=O) groups excluding carboxylic acids is 1. The van der Waals surface area contributed by atoms with Crippen LogP contribution in [0.25, 0.3) is 0 Å². The van der Waals surface area contributed by atoms with E-state index in [-0.39, 0.29) is 11.6 Å². The van der Waals surface area contributed by atoms with Gasteiger partial charge >= 0.3 is 12.0 Å². The number of hydrogen-bond donors (Lipinski definition) is 2. The second kappa shape index (κ2) is 4.75. The summed E-state index contributed by atoms with van der Waals surface area (Å²) < 4.78 is 0.606. The Bertz CT molecular complexity index is 476. The highest BCUT2D eigenvalue weighted by molar-refractivity contribution is 9.10. The van der Waals surface area contributed by atoms with E-state index >= 15 is 0 Å². The summed E-state index contributed by atoms with van der Waals surface area (Å²) in [6.45, 7) is 1.15. The van der Waals surface area contributed by atoms with E-state index in [0.717, 1.165) is 6.42 Å². The van der Waals surface area contributed by atoms with Crippen LogP contribution in [0.1, 0.15) is 16.8 Å². The molecule has 1 aliphatic heterocycles. The van der Waals surface area contributed by atoms with Crippen LogP contribution in [0.3, 0.4) is 0 Å². The summed E-state index contributed by atoms with van der Waals surface area (Å²) in [7, 11) is 0. The smallest absolute Gasteiger partial charge is 0.337 e. The van der Waals surface area contributed by atoms with Gasteiger partial charge in [-0.05, 0) is 34.5 Å². The molecule has 5 nitrogen and oxygen atoms in total. The van der Waals surface area contributed by atoms with Gasteiger partial charge in [0.15, 0.2) is 0 Å². The van der Waals surface area contributed by atoms with Gasteiger partial charge in [0.05, 0.1) is 11.3 Å². The topological polar surface area (TPSA) is 69.6 Å². The first kappa shape index (κ1) is 11.9. The lowest BCUT2D eigenvalue weighted by Gasteiger charge is -2.29. The molecule has 0 unspecified atom stereocenters. The zero-order valence-electron chi connectivity index (χ0n) is 8.94. The first-order valence-electron chi connectivity index (χ1n) is 5.18. The summed E-state index contributed by atoms with van der Waals surface area (Å²) in [5.41, 5.74) is 0.536. The maximum atomic E-state index is 11.7. The molecular formula is C11H11BrN2O3. The molecular weight excluding hydrogens is 288 g/mol. The fourth-order valence-electron chi connectivity index (χ4n) is 1.81. The van der Waals surface area contributed by atoms with E-state index in [4.69, 9.17) is 5.11 Å². The molecule has 1 saturated heterocycles. The molecule has 0 aliphatic carbocycles. The molecule has 1 heterocycles. The van der Waals surface area contributed by atoms with Crippen molar-refractivity contribution in [3.05, 3.63) is 28.2 Å². The molecule has 1 aromatic carbocycles. The molecule has 1 aromatic rings. The molecule has 17 heavy (non-hydrogen) atoms. The highest BCUT2D eigenvalue weighted by Gasteiger charge is 2.25. The Labute approximate surface area is 107 Å². The van der Waals surface area contributed by atoms with E-state index in [2.05, 4.69) is 21.2 Å². The van der Waals surface area contributed by atoms with E-state index in [1.165, 1.54) is 11.0 Å². The molecule has 0 bridgehead atoms. The number of amides is 2. The summed E-state index contributed by atoms with van der Waals surface area (Å²) in [5.74, 6) is -1.04. The van der Waals surface area contributed by atoms with Crippen molar-refractivity contribution in [3.63, 3.8) is 0 Å². The fourth-order valence-corrected chi connectivity index (χ4v) is 2.39. The Morgan fingerprint density at radius 3 is 2.88 bits per heavy atom. The number of aromatic carboxylic acids is 1. The van der Waals surface area contributed by atoms with Crippen LogP contribution >= 0.6 is 15.9 Å². The average molecular weight is 299 g/mol. The second-order valence-corrected chi connectivity index (χ2v) is 4.53. The lowest BCUT2D eigenvalue weighted by molar-refractivity contribution is 0.0697. The lowest BCUT2D eigenvalue weighted by Crippen LogP contribution is -2.47. The van der Waals surface area contributed by atoms with Crippen LogP contribution in [0.15, 0.2) is 22.7 Å². The largest absolute Gasteiger partial charge is 0.478 e. The number of anilines is 1. The van der Waals surface area contributed by atoms with Crippen molar-refractivity contribution in [1.29, 1.82) is 0 Å². The quantitative estimate of drug-likeness (QED) is 0.878. The summed E-state index contributed by atoms with van der Waals surface area (Å²) in [6, 6.07) is 4.60. The lowest BCUT2D eigenvalue weighted by atomic mass is 10.1. The molecule has 0 atom stereocenters. The number of nitrogens with one attached hydrogen (secondary N) is 1. The van der Waals surface area contributed by atoms with Crippen molar-refractivity contribution in [2.75, 3.05) is 18.0 Å². The maximum absolute atomic E-state index is 11.7. The number of carboxylic acids is 1. The highest BCUT2D eigenvalue weighted by Crippen LogP contribution is 2.31. The van der Waals surface area contributed by atoms with Gasteiger partial charge in [-0.2, -0.15) is 0 Å². The van der Waals surface area contributed by atoms with Crippen LogP contribution in [0.5, 0.6) is 0 Å². The SMILES string of the molecule is O=C(O)c1cccc(Br)c1N1CCCNC1=O. The number of carbonyl (C=O) groups is 2. The number of nitrogens with zero attached hydrogens (tertiary/aromatic N) is 1. The van der Waals surface area contributed by atoms with Crippen LogP contribution in [0.4, 0.5) is 10.5 Å². The summed E-state index contributed by atoms with van der Waals surface area (Å²) >= 11 is 3.29. The van der Waals surface area contributed by atoms with Gasteiger partial charge < -0.3 is 10.4 Å². The van der Waals surface area contributed by atoms with Gasteiger partial charge in [-0.25, -0.2) is 9.59 Å². The summed E-state index contributed by atoms with van der Waals surface area (Å²) in [4.78, 5) is 24.3. The number of benzene rings is 1.